The van der Waals surface area contributed by atoms with Crippen LogP contribution in [0.4, 0.5) is 0 Å². The largest absolute Gasteiger partial charge is 0.322 e. The van der Waals surface area contributed by atoms with E-state index in [0.717, 1.165) is 22.7 Å². The fourth-order valence-electron chi connectivity index (χ4n) is 1.75. The molecule has 0 spiro atoms. The number of thiazole rings is 1. The van der Waals surface area contributed by atoms with Gasteiger partial charge in [0.15, 0.2) is 0 Å². The maximum absolute atomic E-state index is 6.14. The number of pyridine rings is 1. The Labute approximate surface area is 99.4 Å². The molecular formula is C12H15N3S. The monoisotopic (exact) mass is 233 g/mol. The molecule has 0 saturated carbocycles. The summed E-state index contributed by atoms with van der Waals surface area (Å²) < 4.78 is 0. The second-order valence-electron chi connectivity index (χ2n) is 3.95. The summed E-state index contributed by atoms with van der Waals surface area (Å²) in [6.07, 6.45) is 4.43. The lowest BCUT2D eigenvalue weighted by Crippen LogP contribution is -2.16. The Kier molecular flexibility index (Phi) is 3.31. The third-order valence-electron chi connectivity index (χ3n) is 2.48. The van der Waals surface area contributed by atoms with Crippen molar-refractivity contribution in [2.45, 2.75) is 26.3 Å². The van der Waals surface area contributed by atoms with E-state index in [1.165, 1.54) is 5.56 Å². The molecule has 0 radical (unpaired) electrons. The zero-order valence-corrected chi connectivity index (χ0v) is 10.3. The quantitative estimate of drug-likeness (QED) is 0.885. The Balaban J connectivity index is 2.17. The van der Waals surface area contributed by atoms with Gasteiger partial charge in [-0.1, -0.05) is 6.07 Å². The average Bonchev–Trinajstić information content (AvgIpc) is 2.70. The van der Waals surface area contributed by atoms with Crippen molar-refractivity contribution >= 4 is 11.3 Å². The van der Waals surface area contributed by atoms with Crippen molar-refractivity contribution < 1.29 is 0 Å². The van der Waals surface area contributed by atoms with Crippen LogP contribution in [0, 0.1) is 13.8 Å². The van der Waals surface area contributed by atoms with Gasteiger partial charge in [-0.15, -0.1) is 11.3 Å². The topological polar surface area (TPSA) is 51.8 Å². The van der Waals surface area contributed by atoms with Gasteiger partial charge in [0.25, 0.3) is 0 Å². The molecular weight excluding hydrogens is 218 g/mol. The SMILES string of the molecule is Cc1cnc(C(N)Cc2nccs2)c(C)c1. The van der Waals surface area contributed by atoms with Crippen LogP contribution in [0.5, 0.6) is 0 Å². The molecule has 84 valence electrons. The maximum Gasteiger partial charge on any atom is 0.0944 e. The lowest BCUT2D eigenvalue weighted by molar-refractivity contribution is 0.686. The smallest absolute Gasteiger partial charge is 0.0944 e. The Morgan fingerprint density at radius 1 is 1.38 bits per heavy atom. The molecule has 2 heterocycles. The normalized spacial score (nSPS) is 12.7. The lowest BCUT2D eigenvalue weighted by Gasteiger charge is -2.12. The number of nitrogens with zero attached hydrogens (tertiary/aromatic N) is 2. The predicted octanol–water partition coefficient (Wildman–Crippen LogP) is 2.40. The third-order valence-corrected chi connectivity index (χ3v) is 3.29. The van der Waals surface area contributed by atoms with Crippen LogP contribution in [0.3, 0.4) is 0 Å². The third kappa shape index (κ3) is 2.46. The number of aryl methyl sites for hydroxylation is 2. The highest BCUT2D eigenvalue weighted by Crippen LogP contribution is 2.19. The van der Waals surface area contributed by atoms with Gasteiger partial charge in [0.05, 0.1) is 16.7 Å². The van der Waals surface area contributed by atoms with Crippen LogP contribution in [0.25, 0.3) is 0 Å². The Hall–Kier alpha value is -1.26. The summed E-state index contributed by atoms with van der Waals surface area (Å²) in [7, 11) is 0. The van der Waals surface area contributed by atoms with Gasteiger partial charge in [-0.2, -0.15) is 0 Å². The van der Waals surface area contributed by atoms with Gasteiger partial charge in [-0.25, -0.2) is 4.98 Å². The fraction of sp³-hybridized carbons (Fsp3) is 0.333. The van der Waals surface area contributed by atoms with E-state index in [4.69, 9.17) is 5.73 Å². The number of aromatic nitrogens is 2. The van der Waals surface area contributed by atoms with Crippen LogP contribution in [0.15, 0.2) is 23.8 Å². The molecule has 16 heavy (non-hydrogen) atoms. The van der Waals surface area contributed by atoms with E-state index < -0.39 is 0 Å². The molecule has 0 saturated heterocycles. The summed E-state index contributed by atoms with van der Waals surface area (Å²) in [5, 5.41) is 3.03. The number of hydrogen-bond acceptors (Lipinski definition) is 4. The predicted molar refractivity (Wildman–Crippen MR) is 66.5 cm³/mol. The first-order valence-electron chi connectivity index (χ1n) is 5.24. The highest BCUT2D eigenvalue weighted by Gasteiger charge is 2.12. The van der Waals surface area contributed by atoms with Gasteiger partial charge in [-0.05, 0) is 25.0 Å². The minimum absolute atomic E-state index is 0.0632. The highest BCUT2D eigenvalue weighted by atomic mass is 32.1. The van der Waals surface area contributed by atoms with Crippen LogP contribution in [0.2, 0.25) is 0 Å². The van der Waals surface area contributed by atoms with Crippen molar-refractivity contribution in [1.82, 2.24) is 9.97 Å². The number of nitrogens with two attached hydrogens (primary N) is 1. The van der Waals surface area contributed by atoms with Crippen LogP contribution in [-0.4, -0.2) is 9.97 Å². The van der Waals surface area contributed by atoms with E-state index in [2.05, 4.69) is 23.0 Å². The second kappa shape index (κ2) is 4.72. The molecule has 1 unspecified atom stereocenters. The lowest BCUT2D eigenvalue weighted by atomic mass is 10.1. The molecule has 0 bridgehead atoms. The average molecular weight is 233 g/mol. The van der Waals surface area contributed by atoms with Crippen LogP contribution in [-0.2, 0) is 6.42 Å². The summed E-state index contributed by atoms with van der Waals surface area (Å²) in [4.78, 5) is 8.65. The van der Waals surface area contributed by atoms with Gasteiger partial charge in [0.2, 0.25) is 0 Å². The molecule has 2 aromatic heterocycles. The van der Waals surface area contributed by atoms with Gasteiger partial charge < -0.3 is 5.73 Å². The Morgan fingerprint density at radius 3 is 2.81 bits per heavy atom. The first kappa shape index (κ1) is 11.2. The second-order valence-corrected chi connectivity index (χ2v) is 4.93. The summed E-state index contributed by atoms with van der Waals surface area (Å²) in [5.74, 6) is 0. The maximum atomic E-state index is 6.14. The molecule has 0 amide bonds. The fourth-order valence-corrected chi connectivity index (χ4v) is 2.43. The standard InChI is InChI=1S/C12H15N3S/c1-8-5-9(2)12(15-7-8)10(13)6-11-14-3-4-16-11/h3-5,7,10H,6,13H2,1-2H3. The van der Waals surface area contributed by atoms with Crippen molar-refractivity contribution in [2.75, 3.05) is 0 Å². The van der Waals surface area contributed by atoms with Gasteiger partial charge >= 0.3 is 0 Å². The highest BCUT2D eigenvalue weighted by molar-refractivity contribution is 7.09. The van der Waals surface area contributed by atoms with Gasteiger partial charge in [0, 0.05) is 24.2 Å². The first-order valence-corrected chi connectivity index (χ1v) is 6.12. The Bertz CT molecular complexity index is 465. The summed E-state index contributed by atoms with van der Waals surface area (Å²) in [5.41, 5.74) is 9.44. The molecule has 1 atom stereocenters. The summed E-state index contributed by atoms with van der Waals surface area (Å²) in [6.45, 7) is 4.09. The number of hydrogen-bond donors (Lipinski definition) is 1. The molecule has 0 aliphatic carbocycles. The van der Waals surface area contributed by atoms with E-state index in [0.29, 0.717) is 0 Å². The van der Waals surface area contributed by atoms with Crippen molar-refractivity contribution in [3.63, 3.8) is 0 Å². The molecule has 2 rings (SSSR count). The van der Waals surface area contributed by atoms with Crippen LogP contribution >= 0.6 is 11.3 Å². The van der Waals surface area contributed by atoms with Crippen molar-refractivity contribution in [3.05, 3.63) is 45.7 Å². The molecule has 0 aliphatic heterocycles. The van der Waals surface area contributed by atoms with Crippen molar-refractivity contribution in [1.29, 1.82) is 0 Å². The molecule has 2 aromatic rings. The van der Waals surface area contributed by atoms with E-state index in [1.54, 1.807) is 11.3 Å². The molecule has 0 fully saturated rings. The zero-order valence-electron chi connectivity index (χ0n) is 9.47. The Morgan fingerprint density at radius 2 is 2.19 bits per heavy atom. The minimum atomic E-state index is -0.0632. The minimum Gasteiger partial charge on any atom is -0.322 e. The van der Waals surface area contributed by atoms with Crippen molar-refractivity contribution in [2.24, 2.45) is 5.73 Å². The molecule has 0 aromatic carbocycles. The van der Waals surface area contributed by atoms with E-state index in [9.17, 15) is 0 Å². The molecule has 0 aliphatic rings. The molecule has 3 nitrogen and oxygen atoms in total. The summed E-state index contributed by atoms with van der Waals surface area (Å²) >= 11 is 1.64. The zero-order chi connectivity index (χ0) is 11.5. The van der Waals surface area contributed by atoms with E-state index in [-0.39, 0.29) is 6.04 Å². The first-order chi connectivity index (χ1) is 7.66. The van der Waals surface area contributed by atoms with Crippen LogP contribution < -0.4 is 5.73 Å². The van der Waals surface area contributed by atoms with Crippen molar-refractivity contribution in [3.8, 4) is 0 Å². The number of rotatable bonds is 3. The summed E-state index contributed by atoms with van der Waals surface area (Å²) in [6, 6.07) is 2.05. The van der Waals surface area contributed by atoms with Gasteiger partial charge in [-0.3, -0.25) is 4.98 Å². The molecule has 2 N–H and O–H groups in total. The van der Waals surface area contributed by atoms with Gasteiger partial charge in [0.1, 0.15) is 0 Å². The molecule has 4 heteroatoms. The van der Waals surface area contributed by atoms with E-state index in [1.807, 2.05) is 24.7 Å². The van der Waals surface area contributed by atoms with E-state index >= 15 is 0 Å². The van der Waals surface area contributed by atoms with Crippen LogP contribution in [0.1, 0.15) is 27.9 Å².